The Hall–Kier alpha value is -3.03. The van der Waals surface area contributed by atoms with Crippen molar-refractivity contribution < 1.29 is 28.6 Å². The summed E-state index contributed by atoms with van der Waals surface area (Å²) in [6.07, 6.45) is -0.748. The molecule has 0 spiro atoms. The fraction of sp³-hybridized carbons (Fsp3) is 0.522. The van der Waals surface area contributed by atoms with Gasteiger partial charge >= 0.3 is 18.3 Å². The number of ether oxygens (including phenoxy) is 3. The molecule has 1 aromatic carbocycles. The molecule has 0 aliphatic heterocycles. The van der Waals surface area contributed by atoms with Gasteiger partial charge in [0.05, 0.1) is 11.2 Å². The van der Waals surface area contributed by atoms with Gasteiger partial charge in [0.25, 0.3) is 0 Å². The monoisotopic (exact) mass is 432 g/mol. The van der Waals surface area contributed by atoms with Crippen molar-refractivity contribution in [2.75, 3.05) is 4.90 Å². The summed E-state index contributed by atoms with van der Waals surface area (Å²) >= 11 is 0. The van der Waals surface area contributed by atoms with Crippen LogP contribution in [0.2, 0.25) is 0 Å². The highest BCUT2D eigenvalue weighted by molar-refractivity contribution is 6.10. The molecule has 2 aromatic rings. The lowest BCUT2D eigenvalue weighted by Gasteiger charge is -2.28. The first-order valence-corrected chi connectivity index (χ1v) is 10.1. The summed E-state index contributed by atoms with van der Waals surface area (Å²) in [7, 11) is 0. The number of anilines is 1. The SMILES string of the molecule is CC(C)(C)OC(=O)N(C(=O)OC(C)(C)C)c1ccc2ccn(C(=O)OC(C)(C)C)c2c1. The highest BCUT2D eigenvalue weighted by Crippen LogP contribution is 2.27. The second-order valence-corrected chi connectivity index (χ2v) is 10.2. The molecule has 8 nitrogen and oxygen atoms in total. The molecule has 0 radical (unpaired) electrons. The standard InChI is InChI=1S/C23H32N2O6/c1-21(2,3)29-18(26)24-13-12-15-10-11-16(14-17(15)24)25(19(27)30-22(4,5)6)20(28)31-23(7,8)9/h10-14H,1-9H3. The molecule has 0 saturated heterocycles. The Kier molecular flexibility index (Phi) is 6.45. The second-order valence-electron chi connectivity index (χ2n) is 10.2. The van der Waals surface area contributed by atoms with E-state index in [1.807, 2.05) is 0 Å². The van der Waals surface area contributed by atoms with Crippen molar-refractivity contribution in [1.82, 2.24) is 4.57 Å². The van der Waals surface area contributed by atoms with E-state index in [0.717, 1.165) is 10.3 Å². The summed E-state index contributed by atoms with van der Waals surface area (Å²) < 4.78 is 17.6. The van der Waals surface area contributed by atoms with Gasteiger partial charge in [-0.2, -0.15) is 4.90 Å². The molecule has 1 heterocycles. The van der Waals surface area contributed by atoms with Crippen LogP contribution in [0.3, 0.4) is 0 Å². The van der Waals surface area contributed by atoms with E-state index in [1.54, 1.807) is 92.8 Å². The van der Waals surface area contributed by atoms with E-state index >= 15 is 0 Å². The lowest BCUT2D eigenvalue weighted by Crippen LogP contribution is -2.43. The summed E-state index contributed by atoms with van der Waals surface area (Å²) in [6, 6.07) is 6.59. The molecular formula is C23H32N2O6. The quantitative estimate of drug-likeness (QED) is 0.506. The molecule has 0 atom stereocenters. The molecule has 2 rings (SSSR count). The Morgan fingerprint density at radius 2 is 1.23 bits per heavy atom. The van der Waals surface area contributed by atoms with Gasteiger partial charge in [-0.25, -0.2) is 14.4 Å². The molecule has 31 heavy (non-hydrogen) atoms. The number of nitrogens with zero attached hydrogens (tertiary/aromatic N) is 2. The number of hydrogen-bond donors (Lipinski definition) is 0. The first-order valence-electron chi connectivity index (χ1n) is 10.1. The van der Waals surface area contributed by atoms with Crippen LogP contribution in [0.4, 0.5) is 20.1 Å². The maximum absolute atomic E-state index is 12.9. The van der Waals surface area contributed by atoms with E-state index in [2.05, 4.69) is 0 Å². The first-order chi connectivity index (χ1) is 14.0. The predicted molar refractivity (Wildman–Crippen MR) is 119 cm³/mol. The van der Waals surface area contributed by atoms with E-state index in [4.69, 9.17) is 14.2 Å². The van der Waals surface area contributed by atoms with Gasteiger partial charge in [-0.1, -0.05) is 6.07 Å². The molecule has 0 aliphatic carbocycles. The third-order valence-corrected chi connectivity index (χ3v) is 3.68. The highest BCUT2D eigenvalue weighted by Gasteiger charge is 2.33. The average molecular weight is 433 g/mol. The lowest BCUT2D eigenvalue weighted by molar-refractivity contribution is 0.0429. The summed E-state index contributed by atoms with van der Waals surface area (Å²) in [4.78, 5) is 39.2. The molecule has 0 aliphatic rings. The van der Waals surface area contributed by atoms with Crippen molar-refractivity contribution in [1.29, 1.82) is 0 Å². The third-order valence-electron chi connectivity index (χ3n) is 3.68. The average Bonchev–Trinajstić information content (AvgIpc) is 2.93. The summed E-state index contributed by atoms with van der Waals surface area (Å²) in [6.45, 7) is 15.5. The number of aromatic nitrogens is 1. The van der Waals surface area contributed by atoms with Gasteiger partial charge in [0.1, 0.15) is 16.8 Å². The normalized spacial score (nSPS) is 12.4. The van der Waals surface area contributed by atoms with Crippen LogP contribution in [0.25, 0.3) is 10.9 Å². The predicted octanol–water partition coefficient (Wildman–Crippen LogP) is 6.10. The summed E-state index contributed by atoms with van der Waals surface area (Å²) in [5.41, 5.74) is -1.64. The topological polar surface area (TPSA) is 87.1 Å². The van der Waals surface area contributed by atoms with Crippen molar-refractivity contribution in [3.63, 3.8) is 0 Å². The number of rotatable bonds is 1. The number of hydrogen-bond acceptors (Lipinski definition) is 6. The molecule has 2 amide bonds. The Bertz CT molecular complexity index is 958. The fourth-order valence-corrected chi connectivity index (χ4v) is 2.63. The Balaban J connectivity index is 2.53. The van der Waals surface area contributed by atoms with E-state index in [-0.39, 0.29) is 5.69 Å². The molecule has 1 aromatic heterocycles. The summed E-state index contributed by atoms with van der Waals surface area (Å²) in [5.74, 6) is 0. The molecule has 0 N–H and O–H groups in total. The zero-order valence-electron chi connectivity index (χ0n) is 19.7. The van der Waals surface area contributed by atoms with Crippen molar-refractivity contribution in [3.05, 3.63) is 30.5 Å². The van der Waals surface area contributed by atoms with Crippen molar-refractivity contribution in [2.24, 2.45) is 0 Å². The van der Waals surface area contributed by atoms with Gasteiger partial charge < -0.3 is 14.2 Å². The van der Waals surface area contributed by atoms with Crippen molar-refractivity contribution in [2.45, 2.75) is 79.1 Å². The molecule has 8 heteroatoms. The van der Waals surface area contributed by atoms with Crippen LogP contribution >= 0.6 is 0 Å². The summed E-state index contributed by atoms with van der Waals surface area (Å²) in [5, 5.41) is 0.739. The van der Waals surface area contributed by atoms with Crippen LogP contribution < -0.4 is 4.90 Å². The number of fused-ring (bicyclic) bond motifs is 1. The first kappa shape index (κ1) is 24.2. The number of amides is 2. The highest BCUT2D eigenvalue weighted by atomic mass is 16.6. The fourth-order valence-electron chi connectivity index (χ4n) is 2.63. The van der Waals surface area contributed by atoms with Crippen LogP contribution in [0.15, 0.2) is 30.5 Å². The lowest BCUT2D eigenvalue weighted by atomic mass is 10.2. The number of carbonyl (C=O) groups excluding carboxylic acids is 3. The Labute approximate surface area is 183 Å². The number of imide groups is 1. The minimum absolute atomic E-state index is 0.208. The number of benzene rings is 1. The Morgan fingerprint density at radius 3 is 1.68 bits per heavy atom. The van der Waals surface area contributed by atoms with Gasteiger partial charge in [0.2, 0.25) is 0 Å². The largest absolute Gasteiger partial charge is 0.443 e. The maximum atomic E-state index is 12.9. The molecule has 0 bridgehead atoms. The smallest absolute Gasteiger partial charge is 0.424 e. The van der Waals surface area contributed by atoms with E-state index < -0.39 is 35.1 Å². The van der Waals surface area contributed by atoms with Crippen LogP contribution in [-0.2, 0) is 14.2 Å². The second kappa shape index (κ2) is 8.24. The minimum Gasteiger partial charge on any atom is -0.443 e. The van der Waals surface area contributed by atoms with Gasteiger partial charge in [0, 0.05) is 11.6 Å². The van der Waals surface area contributed by atoms with Crippen molar-refractivity contribution in [3.8, 4) is 0 Å². The molecule has 170 valence electrons. The number of carbonyl (C=O) groups is 3. The third kappa shape index (κ3) is 6.73. The van der Waals surface area contributed by atoms with Gasteiger partial charge in [-0.15, -0.1) is 0 Å². The van der Waals surface area contributed by atoms with E-state index in [1.165, 1.54) is 4.57 Å². The zero-order valence-corrected chi connectivity index (χ0v) is 19.7. The van der Waals surface area contributed by atoms with Crippen LogP contribution in [0, 0.1) is 0 Å². The van der Waals surface area contributed by atoms with Crippen LogP contribution in [-0.4, -0.2) is 39.6 Å². The minimum atomic E-state index is -0.878. The zero-order chi connectivity index (χ0) is 23.8. The van der Waals surface area contributed by atoms with Gasteiger partial charge in [-0.05, 0) is 80.5 Å². The van der Waals surface area contributed by atoms with E-state index in [9.17, 15) is 14.4 Å². The Morgan fingerprint density at radius 1 is 0.742 bits per heavy atom. The van der Waals surface area contributed by atoms with Gasteiger partial charge in [-0.3, -0.25) is 4.57 Å². The van der Waals surface area contributed by atoms with Gasteiger partial charge in [0.15, 0.2) is 0 Å². The maximum Gasteiger partial charge on any atom is 0.424 e. The molecule has 0 unspecified atom stereocenters. The van der Waals surface area contributed by atoms with Crippen LogP contribution in [0.1, 0.15) is 62.3 Å². The van der Waals surface area contributed by atoms with Crippen LogP contribution in [0.5, 0.6) is 0 Å². The van der Waals surface area contributed by atoms with E-state index in [0.29, 0.717) is 5.52 Å². The molecule has 0 saturated carbocycles. The molecular weight excluding hydrogens is 400 g/mol. The van der Waals surface area contributed by atoms with Crippen molar-refractivity contribution >= 4 is 34.9 Å². The molecule has 0 fully saturated rings.